The number of amidine groups is 1. The number of nitrogens with one attached hydrogen (secondary N) is 1. The van der Waals surface area contributed by atoms with Gasteiger partial charge in [-0.2, -0.15) is 0 Å². The molecule has 0 unspecified atom stereocenters. The van der Waals surface area contributed by atoms with Crippen molar-refractivity contribution in [3.8, 4) is 5.75 Å². The molecule has 0 saturated carbocycles. The van der Waals surface area contributed by atoms with Crippen LogP contribution in [-0.4, -0.2) is 5.84 Å². The van der Waals surface area contributed by atoms with E-state index in [0.29, 0.717) is 21.7 Å². The number of halogens is 2. The van der Waals surface area contributed by atoms with Crippen molar-refractivity contribution in [1.29, 1.82) is 5.41 Å². The quantitative estimate of drug-likeness (QED) is 0.667. The number of aryl methyl sites for hydroxylation is 1. The molecule has 20 heavy (non-hydrogen) atoms. The van der Waals surface area contributed by atoms with Crippen molar-refractivity contribution in [3.05, 3.63) is 63.9 Å². The van der Waals surface area contributed by atoms with Gasteiger partial charge in [0.05, 0.1) is 0 Å². The second kappa shape index (κ2) is 5.92. The fraction of sp³-hybridized carbons (Fsp3) is 0.133. The lowest BCUT2D eigenvalue weighted by Gasteiger charge is -2.10. The van der Waals surface area contributed by atoms with E-state index in [1.54, 1.807) is 43.3 Å². The Kier molecular flexibility index (Phi) is 4.25. The largest absolute Gasteiger partial charge is 0.486 e. The second-order valence-electron chi connectivity index (χ2n) is 4.40. The van der Waals surface area contributed by atoms with E-state index in [-0.39, 0.29) is 24.0 Å². The van der Waals surface area contributed by atoms with Crippen molar-refractivity contribution in [2.24, 2.45) is 5.73 Å². The third kappa shape index (κ3) is 3.08. The number of nitrogen functional groups attached to an aromatic ring is 1. The number of benzene rings is 2. The van der Waals surface area contributed by atoms with E-state index in [9.17, 15) is 4.39 Å². The predicted molar refractivity (Wildman–Crippen MR) is 77.9 cm³/mol. The Morgan fingerprint density at radius 1 is 1.35 bits per heavy atom. The van der Waals surface area contributed by atoms with Gasteiger partial charge in [-0.25, -0.2) is 4.39 Å². The number of hydrogen-bond acceptors (Lipinski definition) is 2. The minimum atomic E-state index is -0.371. The van der Waals surface area contributed by atoms with Crippen molar-refractivity contribution in [1.82, 2.24) is 0 Å². The molecular weight excluding hydrogens is 279 g/mol. The lowest BCUT2D eigenvalue weighted by molar-refractivity contribution is 0.289. The highest BCUT2D eigenvalue weighted by atomic mass is 35.5. The van der Waals surface area contributed by atoms with Gasteiger partial charge >= 0.3 is 0 Å². The first-order valence-corrected chi connectivity index (χ1v) is 6.37. The van der Waals surface area contributed by atoms with Crippen molar-refractivity contribution >= 4 is 17.4 Å². The van der Waals surface area contributed by atoms with Gasteiger partial charge in [0.2, 0.25) is 0 Å². The van der Waals surface area contributed by atoms with Crippen LogP contribution < -0.4 is 10.5 Å². The highest BCUT2D eigenvalue weighted by molar-refractivity contribution is 6.31. The Labute approximate surface area is 121 Å². The molecule has 5 heteroatoms. The Balaban J connectivity index is 2.15. The Morgan fingerprint density at radius 3 is 2.75 bits per heavy atom. The van der Waals surface area contributed by atoms with Crippen molar-refractivity contribution in [2.75, 3.05) is 0 Å². The maximum Gasteiger partial charge on any atom is 0.167 e. The number of ether oxygens (including phenoxy) is 1. The van der Waals surface area contributed by atoms with Crippen LogP contribution in [-0.2, 0) is 6.61 Å². The summed E-state index contributed by atoms with van der Waals surface area (Å²) in [6.07, 6.45) is 0. The van der Waals surface area contributed by atoms with Crippen LogP contribution in [0.15, 0.2) is 36.4 Å². The molecule has 2 aromatic rings. The van der Waals surface area contributed by atoms with Gasteiger partial charge in [0, 0.05) is 16.1 Å². The Hall–Kier alpha value is -2.07. The first-order valence-electron chi connectivity index (χ1n) is 6.00. The van der Waals surface area contributed by atoms with E-state index in [1.165, 1.54) is 0 Å². The first kappa shape index (κ1) is 14.3. The highest BCUT2D eigenvalue weighted by Crippen LogP contribution is 2.23. The maximum absolute atomic E-state index is 13.8. The molecule has 0 aromatic heterocycles. The van der Waals surface area contributed by atoms with Crippen molar-refractivity contribution in [3.63, 3.8) is 0 Å². The summed E-state index contributed by atoms with van der Waals surface area (Å²) in [7, 11) is 0. The van der Waals surface area contributed by atoms with E-state index in [4.69, 9.17) is 27.5 Å². The molecule has 0 fully saturated rings. The fourth-order valence-corrected chi connectivity index (χ4v) is 1.95. The minimum absolute atomic E-state index is 0.0518. The van der Waals surface area contributed by atoms with E-state index >= 15 is 0 Å². The zero-order chi connectivity index (χ0) is 14.7. The van der Waals surface area contributed by atoms with E-state index < -0.39 is 0 Å². The second-order valence-corrected chi connectivity index (χ2v) is 4.80. The molecule has 2 rings (SSSR count). The van der Waals surface area contributed by atoms with Gasteiger partial charge < -0.3 is 10.5 Å². The average molecular weight is 293 g/mol. The summed E-state index contributed by atoms with van der Waals surface area (Å²) < 4.78 is 19.2. The minimum Gasteiger partial charge on any atom is -0.486 e. The summed E-state index contributed by atoms with van der Waals surface area (Å²) in [5, 5.41) is 7.76. The smallest absolute Gasteiger partial charge is 0.167 e. The molecule has 3 nitrogen and oxygen atoms in total. The maximum atomic E-state index is 13.8. The summed E-state index contributed by atoms with van der Waals surface area (Å²) >= 11 is 6.08. The molecule has 0 amide bonds. The molecule has 0 aliphatic heterocycles. The Bertz CT molecular complexity index is 658. The molecular formula is C15H14ClFN2O. The van der Waals surface area contributed by atoms with E-state index in [2.05, 4.69) is 0 Å². The lowest BCUT2D eigenvalue weighted by Crippen LogP contribution is -2.11. The van der Waals surface area contributed by atoms with Crippen LogP contribution in [0.25, 0.3) is 0 Å². The zero-order valence-electron chi connectivity index (χ0n) is 10.9. The first-order chi connectivity index (χ1) is 9.49. The summed E-state index contributed by atoms with van der Waals surface area (Å²) in [4.78, 5) is 0. The Morgan fingerprint density at radius 2 is 2.10 bits per heavy atom. The van der Waals surface area contributed by atoms with Crippen LogP contribution in [0.4, 0.5) is 4.39 Å². The zero-order valence-corrected chi connectivity index (χ0v) is 11.7. The van der Waals surface area contributed by atoms with Crippen LogP contribution in [0.5, 0.6) is 5.75 Å². The molecule has 0 radical (unpaired) electrons. The number of rotatable bonds is 4. The van der Waals surface area contributed by atoms with Gasteiger partial charge in [0.25, 0.3) is 0 Å². The van der Waals surface area contributed by atoms with Crippen LogP contribution in [0.3, 0.4) is 0 Å². The fourth-order valence-electron chi connectivity index (χ4n) is 1.72. The summed E-state index contributed by atoms with van der Waals surface area (Å²) in [5.74, 6) is -0.232. The molecule has 0 heterocycles. The van der Waals surface area contributed by atoms with Gasteiger partial charge in [-0.3, -0.25) is 5.41 Å². The molecule has 0 saturated heterocycles. The standard InChI is InChI=1S/C15H14ClFN2O/c1-9-3-2-4-13(14(9)17)20-8-11-6-5-10(15(18)19)7-12(11)16/h2-7H,8H2,1H3,(H3,18,19). The predicted octanol–water partition coefficient (Wildman–Crippen LogP) is 3.65. The molecule has 2 aromatic carbocycles. The lowest BCUT2D eigenvalue weighted by atomic mass is 10.1. The summed E-state index contributed by atoms with van der Waals surface area (Å²) in [6, 6.07) is 9.96. The molecule has 0 aliphatic carbocycles. The molecule has 0 atom stereocenters. The van der Waals surface area contributed by atoms with Crippen LogP contribution >= 0.6 is 11.6 Å². The third-order valence-corrected chi connectivity index (χ3v) is 3.26. The van der Waals surface area contributed by atoms with Crippen molar-refractivity contribution in [2.45, 2.75) is 13.5 Å². The van der Waals surface area contributed by atoms with Gasteiger partial charge in [0.1, 0.15) is 12.4 Å². The van der Waals surface area contributed by atoms with E-state index in [1.807, 2.05) is 0 Å². The topological polar surface area (TPSA) is 59.1 Å². The van der Waals surface area contributed by atoms with Gasteiger partial charge in [-0.15, -0.1) is 0 Å². The van der Waals surface area contributed by atoms with Gasteiger partial charge in [-0.1, -0.05) is 35.9 Å². The highest BCUT2D eigenvalue weighted by Gasteiger charge is 2.08. The monoisotopic (exact) mass is 292 g/mol. The SMILES string of the molecule is Cc1cccc(OCc2ccc(C(=N)N)cc2Cl)c1F. The molecule has 3 N–H and O–H groups in total. The van der Waals surface area contributed by atoms with Crippen LogP contribution in [0.1, 0.15) is 16.7 Å². The van der Waals surface area contributed by atoms with Gasteiger partial charge in [0.15, 0.2) is 11.6 Å². The van der Waals surface area contributed by atoms with Gasteiger partial charge in [-0.05, 0) is 24.6 Å². The van der Waals surface area contributed by atoms with Crippen molar-refractivity contribution < 1.29 is 9.13 Å². The molecule has 0 bridgehead atoms. The summed E-state index contributed by atoms with van der Waals surface area (Å²) in [5.41, 5.74) is 7.15. The third-order valence-electron chi connectivity index (χ3n) is 2.90. The van der Waals surface area contributed by atoms with Crippen LogP contribution in [0.2, 0.25) is 5.02 Å². The molecule has 0 spiro atoms. The molecule has 0 aliphatic rings. The average Bonchev–Trinajstić information content (AvgIpc) is 2.41. The number of hydrogen-bond donors (Lipinski definition) is 2. The molecule has 104 valence electrons. The number of nitrogens with two attached hydrogens (primary N) is 1. The normalized spacial score (nSPS) is 10.3. The van der Waals surface area contributed by atoms with Crippen LogP contribution in [0, 0.1) is 18.2 Å². The summed E-state index contributed by atoms with van der Waals surface area (Å²) in [6.45, 7) is 1.83. The van der Waals surface area contributed by atoms with E-state index in [0.717, 1.165) is 0 Å².